The maximum atomic E-state index is 12.8. The van der Waals surface area contributed by atoms with Gasteiger partial charge in [0.25, 0.3) is 5.91 Å². The second kappa shape index (κ2) is 7.37. The maximum absolute atomic E-state index is 12.8. The average Bonchev–Trinajstić information content (AvgIpc) is 3.09. The number of hydrogen-bond donors (Lipinski definition) is 0. The van der Waals surface area contributed by atoms with Crippen molar-refractivity contribution in [3.05, 3.63) is 28.6 Å². The molecule has 1 amide bonds. The maximum Gasteiger partial charge on any atom is 0.267 e. The fourth-order valence-electron chi connectivity index (χ4n) is 3.72. The summed E-state index contributed by atoms with van der Waals surface area (Å²) in [7, 11) is 0. The molecule has 138 valence electrons. The van der Waals surface area contributed by atoms with E-state index >= 15 is 0 Å². The van der Waals surface area contributed by atoms with Crippen LogP contribution in [0.3, 0.4) is 0 Å². The molecule has 5 nitrogen and oxygen atoms in total. The number of hydrogen-bond acceptors (Lipinski definition) is 5. The van der Waals surface area contributed by atoms with Gasteiger partial charge in [0.15, 0.2) is 6.10 Å². The summed E-state index contributed by atoms with van der Waals surface area (Å²) in [6, 6.07) is 6.04. The van der Waals surface area contributed by atoms with Crippen molar-refractivity contribution in [1.29, 1.82) is 0 Å². The quantitative estimate of drug-likeness (QED) is 0.822. The molecule has 1 fully saturated rings. The van der Waals surface area contributed by atoms with Crippen molar-refractivity contribution >= 4 is 22.9 Å². The van der Waals surface area contributed by atoms with Crippen LogP contribution in [0.25, 0.3) is 11.3 Å². The molecular weight excluding hydrogens is 346 g/mol. The number of aromatic nitrogens is 1. The molecule has 2 aliphatic heterocycles. The van der Waals surface area contributed by atoms with Gasteiger partial charge in [0.2, 0.25) is 0 Å². The van der Waals surface area contributed by atoms with Gasteiger partial charge < -0.3 is 14.5 Å². The zero-order valence-corrected chi connectivity index (χ0v) is 16.2. The van der Waals surface area contributed by atoms with Gasteiger partial charge in [0.1, 0.15) is 5.75 Å². The van der Waals surface area contributed by atoms with Gasteiger partial charge in [-0.25, -0.2) is 4.98 Å². The van der Waals surface area contributed by atoms with Crippen molar-refractivity contribution in [2.24, 2.45) is 0 Å². The molecule has 0 bridgehead atoms. The molecule has 26 heavy (non-hydrogen) atoms. The second-order valence-corrected chi connectivity index (χ2v) is 8.15. The number of piperidine rings is 1. The Morgan fingerprint density at radius 3 is 2.77 bits per heavy atom. The summed E-state index contributed by atoms with van der Waals surface area (Å²) in [5.74, 6) is 0.826. The highest BCUT2D eigenvalue weighted by Gasteiger charge is 2.32. The summed E-state index contributed by atoms with van der Waals surface area (Å²) in [5, 5.41) is 3.10. The van der Waals surface area contributed by atoms with Crippen LogP contribution in [-0.2, 0) is 4.79 Å². The minimum Gasteiger partial charge on any atom is -0.479 e. The first-order chi connectivity index (χ1) is 12.6. The summed E-state index contributed by atoms with van der Waals surface area (Å²) >= 11 is 1.64. The Hall–Kier alpha value is -1.92. The van der Waals surface area contributed by atoms with E-state index in [0.29, 0.717) is 6.54 Å². The number of fused-ring (bicyclic) bond motifs is 1. The largest absolute Gasteiger partial charge is 0.479 e. The molecule has 0 N–H and O–H groups in total. The lowest BCUT2D eigenvalue weighted by Gasteiger charge is -2.35. The van der Waals surface area contributed by atoms with Crippen molar-refractivity contribution in [1.82, 2.24) is 9.88 Å². The molecule has 1 unspecified atom stereocenters. The SMILES string of the molecule is Cc1nc(-c2ccc3c(c2)N(CCN2CCCCC2)C(=O)C(C)O3)cs1. The van der Waals surface area contributed by atoms with Gasteiger partial charge in [0.05, 0.1) is 16.4 Å². The van der Waals surface area contributed by atoms with Gasteiger partial charge in [-0.1, -0.05) is 6.42 Å². The second-order valence-electron chi connectivity index (χ2n) is 7.09. The number of carbonyl (C=O) groups excluding carboxylic acids is 1. The molecule has 1 atom stereocenters. The molecule has 0 saturated carbocycles. The summed E-state index contributed by atoms with van der Waals surface area (Å²) in [6.45, 7) is 7.73. The van der Waals surface area contributed by atoms with Crippen LogP contribution >= 0.6 is 11.3 Å². The lowest BCUT2D eigenvalue weighted by atomic mass is 10.1. The molecule has 3 heterocycles. The Labute approximate surface area is 158 Å². The Bertz CT molecular complexity index is 798. The van der Waals surface area contributed by atoms with E-state index in [1.54, 1.807) is 11.3 Å². The van der Waals surface area contributed by atoms with Crippen molar-refractivity contribution in [2.45, 2.75) is 39.2 Å². The van der Waals surface area contributed by atoms with E-state index in [-0.39, 0.29) is 5.91 Å². The summed E-state index contributed by atoms with van der Waals surface area (Å²) in [5.41, 5.74) is 2.85. The van der Waals surface area contributed by atoms with Crippen LogP contribution in [0.4, 0.5) is 5.69 Å². The topological polar surface area (TPSA) is 45.7 Å². The van der Waals surface area contributed by atoms with Crippen LogP contribution in [0.15, 0.2) is 23.6 Å². The number of thiazole rings is 1. The summed E-state index contributed by atoms with van der Waals surface area (Å²) < 4.78 is 5.84. The van der Waals surface area contributed by atoms with Crippen molar-refractivity contribution in [2.75, 3.05) is 31.1 Å². The smallest absolute Gasteiger partial charge is 0.267 e. The van der Waals surface area contributed by atoms with E-state index in [4.69, 9.17) is 4.74 Å². The Morgan fingerprint density at radius 2 is 2.04 bits per heavy atom. The normalized spacial score (nSPS) is 20.8. The molecule has 6 heteroatoms. The van der Waals surface area contributed by atoms with Gasteiger partial charge in [-0.05, 0) is 58.0 Å². The molecule has 1 aromatic carbocycles. The monoisotopic (exact) mass is 371 g/mol. The van der Waals surface area contributed by atoms with E-state index in [0.717, 1.165) is 47.3 Å². The summed E-state index contributed by atoms with van der Waals surface area (Å²) in [6.07, 6.45) is 3.41. The molecule has 0 spiro atoms. The van der Waals surface area contributed by atoms with Crippen LogP contribution < -0.4 is 9.64 Å². The first-order valence-electron chi connectivity index (χ1n) is 9.39. The Balaban J connectivity index is 1.60. The van der Waals surface area contributed by atoms with E-state index in [9.17, 15) is 4.79 Å². The van der Waals surface area contributed by atoms with Gasteiger partial charge >= 0.3 is 0 Å². The Morgan fingerprint density at radius 1 is 1.23 bits per heavy atom. The number of benzene rings is 1. The number of amides is 1. The average molecular weight is 372 g/mol. The molecule has 1 saturated heterocycles. The standard InChI is InChI=1S/C20H25N3O2S/c1-14-20(24)23(11-10-22-8-4-3-5-9-22)18-12-16(6-7-19(18)25-14)17-13-26-15(2)21-17/h6-7,12-14H,3-5,8-11H2,1-2H3. The predicted molar refractivity (Wildman–Crippen MR) is 105 cm³/mol. The number of likely N-dealkylation sites (tertiary alicyclic amines) is 1. The fraction of sp³-hybridized carbons (Fsp3) is 0.500. The highest BCUT2D eigenvalue weighted by Crippen LogP contribution is 2.37. The van der Waals surface area contributed by atoms with Crippen molar-refractivity contribution in [3.8, 4) is 17.0 Å². The van der Waals surface area contributed by atoms with Crippen molar-refractivity contribution in [3.63, 3.8) is 0 Å². The van der Waals surface area contributed by atoms with Crippen LogP contribution in [0.5, 0.6) is 5.75 Å². The molecule has 2 aromatic rings. The van der Waals surface area contributed by atoms with E-state index in [1.807, 2.05) is 36.9 Å². The molecule has 1 aromatic heterocycles. The number of nitrogens with zero attached hydrogens (tertiary/aromatic N) is 3. The van der Waals surface area contributed by atoms with Gasteiger partial charge in [-0.2, -0.15) is 0 Å². The third kappa shape index (κ3) is 3.48. The van der Waals surface area contributed by atoms with Gasteiger partial charge in [-0.3, -0.25) is 4.79 Å². The first-order valence-corrected chi connectivity index (χ1v) is 10.3. The molecule has 4 rings (SSSR count). The van der Waals surface area contributed by atoms with E-state index < -0.39 is 6.10 Å². The van der Waals surface area contributed by atoms with Gasteiger partial charge in [0, 0.05) is 24.0 Å². The lowest BCUT2D eigenvalue weighted by Crippen LogP contribution is -2.48. The molecular formula is C20H25N3O2S. The fourth-order valence-corrected chi connectivity index (χ4v) is 4.34. The predicted octanol–water partition coefficient (Wildman–Crippen LogP) is 3.72. The zero-order chi connectivity index (χ0) is 18.1. The van der Waals surface area contributed by atoms with Gasteiger partial charge in [-0.15, -0.1) is 11.3 Å². The molecule has 0 aliphatic carbocycles. The van der Waals surface area contributed by atoms with Crippen LogP contribution in [-0.4, -0.2) is 48.1 Å². The number of anilines is 1. The third-order valence-electron chi connectivity index (χ3n) is 5.17. The number of ether oxygens (including phenoxy) is 1. The van der Waals surface area contributed by atoms with E-state index in [2.05, 4.69) is 15.3 Å². The summed E-state index contributed by atoms with van der Waals surface area (Å²) in [4.78, 5) is 21.7. The highest BCUT2D eigenvalue weighted by molar-refractivity contribution is 7.09. The lowest BCUT2D eigenvalue weighted by molar-refractivity contribution is -0.125. The van der Waals surface area contributed by atoms with Crippen LogP contribution in [0, 0.1) is 6.92 Å². The number of rotatable bonds is 4. The Kier molecular flexibility index (Phi) is 4.96. The van der Waals surface area contributed by atoms with Crippen LogP contribution in [0.1, 0.15) is 31.2 Å². The highest BCUT2D eigenvalue weighted by atomic mass is 32.1. The molecule has 0 radical (unpaired) electrons. The molecule has 2 aliphatic rings. The van der Waals surface area contributed by atoms with Crippen LogP contribution in [0.2, 0.25) is 0 Å². The van der Waals surface area contributed by atoms with E-state index in [1.165, 1.54) is 19.3 Å². The minimum atomic E-state index is -0.434. The first kappa shape index (κ1) is 17.5. The minimum absolute atomic E-state index is 0.0427. The third-order valence-corrected chi connectivity index (χ3v) is 5.94. The zero-order valence-electron chi connectivity index (χ0n) is 15.4. The number of aryl methyl sites for hydroxylation is 1. The van der Waals surface area contributed by atoms with Crippen molar-refractivity contribution < 1.29 is 9.53 Å². The number of carbonyl (C=O) groups is 1.